The lowest BCUT2D eigenvalue weighted by Gasteiger charge is -1.79. The van der Waals surface area contributed by atoms with Crippen molar-refractivity contribution in [2.45, 2.75) is 10.1 Å². The fraction of sp³-hybridized carbons (Fsp3) is 0. The first-order valence-electron chi connectivity index (χ1n) is 4.17. The molecule has 0 aliphatic carbocycles. The average Bonchev–Trinajstić information content (AvgIpc) is 3.00. The zero-order valence-electron chi connectivity index (χ0n) is 7.62. The first-order valence-corrected chi connectivity index (χ1v) is 5.07. The van der Waals surface area contributed by atoms with Gasteiger partial charge in [-0.3, -0.25) is 0 Å². The third-order valence-corrected chi connectivity index (χ3v) is 2.32. The van der Waals surface area contributed by atoms with E-state index in [0.717, 1.165) is 4.90 Å². The molecular weight excluding hydrogens is 228 g/mol. The topological polar surface area (TPSA) is 60.6 Å². The molecule has 0 saturated heterocycles. The second kappa shape index (κ2) is 4.50. The van der Waals surface area contributed by atoms with E-state index in [1.807, 2.05) is 18.2 Å². The van der Waals surface area contributed by atoms with Gasteiger partial charge in [-0.15, -0.1) is 25.3 Å². The predicted molar refractivity (Wildman–Crippen MR) is 64.1 cm³/mol. The van der Waals surface area contributed by atoms with Gasteiger partial charge in [0.1, 0.15) is 12.7 Å². The Morgan fingerprint density at radius 3 is 2.27 bits per heavy atom. The van der Waals surface area contributed by atoms with Gasteiger partial charge in [0, 0.05) is 4.90 Å². The second-order valence-electron chi connectivity index (χ2n) is 2.76. The predicted octanol–water partition coefficient (Wildman–Crippen LogP) is 2.19. The molecule has 0 atom stereocenters. The van der Waals surface area contributed by atoms with E-state index in [-0.39, 0.29) is 0 Å². The summed E-state index contributed by atoms with van der Waals surface area (Å²) in [6, 6.07) is 6.00. The maximum Gasteiger partial charge on any atom is 0.187 e. The fourth-order valence-corrected chi connectivity index (χ4v) is 1.35. The van der Waals surface area contributed by atoms with E-state index in [4.69, 9.17) is 0 Å². The molecule has 0 amide bonds. The number of nitrogens with one attached hydrogen (secondary N) is 1. The van der Waals surface area contributed by atoms with Crippen LogP contribution in [0.3, 0.4) is 0 Å². The summed E-state index contributed by atoms with van der Waals surface area (Å²) in [5, 5.41) is 3.54. The normalized spacial score (nSPS) is 10.5. The minimum absolute atomic E-state index is 0.454. The fourth-order valence-electron chi connectivity index (χ4n) is 0.982. The molecule has 3 rings (SSSR count). The van der Waals surface area contributed by atoms with Crippen molar-refractivity contribution in [1.29, 1.82) is 0 Å². The number of para-hydroxylation sites is 1. The van der Waals surface area contributed by atoms with Gasteiger partial charge in [0.15, 0.2) is 5.16 Å². The number of hydrogen-bond donors (Lipinski definition) is 3. The van der Waals surface area contributed by atoms with Crippen LogP contribution in [-0.2, 0) is 0 Å². The van der Waals surface area contributed by atoms with Crippen LogP contribution in [0, 0.1) is 0 Å². The molecule has 2 aromatic rings. The first kappa shape index (κ1) is 10.3. The zero-order chi connectivity index (χ0) is 10.7. The second-order valence-corrected chi connectivity index (χ2v) is 3.64. The molecule has 1 N–H and O–H groups in total. The van der Waals surface area contributed by atoms with Crippen molar-refractivity contribution in [1.82, 2.24) is 15.0 Å². The summed E-state index contributed by atoms with van der Waals surface area (Å²) in [5.41, 5.74) is 2.41. The maximum absolute atomic E-state index is 4.19. The Hall–Kier alpha value is -1.27. The van der Waals surface area contributed by atoms with Gasteiger partial charge in [-0.25, -0.2) is 15.0 Å². The van der Waals surface area contributed by atoms with E-state index in [9.17, 15) is 0 Å². The van der Waals surface area contributed by atoms with Crippen LogP contribution in [0.4, 0.5) is 11.4 Å². The molecule has 0 saturated carbocycles. The largest absolute Gasteiger partial charge is 0.351 e. The SMILES string of the molecule is Sc1cccc2c1N2.Sc1ncncn1. The molecule has 15 heavy (non-hydrogen) atoms. The smallest absolute Gasteiger partial charge is 0.187 e. The highest BCUT2D eigenvalue weighted by atomic mass is 32.1. The Kier molecular flexibility index (Phi) is 3.08. The minimum atomic E-state index is 0.454. The Labute approximate surface area is 98.0 Å². The number of hydrogen-bond acceptors (Lipinski definition) is 6. The van der Waals surface area contributed by atoms with Crippen LogP contribution in [0.15, 0.2) is 40.9 Å². The molecule has 76 valence electrons. The van der Waals surface area contributed by atoms with Gasteiger partial charge in [0.05, 0.1) is 11.4 Å². The van der Waals surface area contributed by atoms with Crippen molar-refractivity contribution in [2.24, 2.45) is 0 Å². The van der Waals surface area contributed by atoms with E-state index in [2.05, 4.69) is 45.5 Å². The van der Waals surface area contributed by atoms with Crippen molar-refractivity contribution in [3.05, 3.63) is 30.9 Å². The highest BCUT2D eigenvalue weighted by Crippen LogP contribution is 2.42. The summed E-state index contributed by atoms with van der Waals surface area (Å²) in [6.45, 7) is 0. The summed E-state index contributed by atoms with van der Waals surface area (Å²) >= 11 is 8.01. The van der Waals surface area contributed by atoms with Gasteiger partial charge < -0.3 is 5.32 Å². The lowest BCUT2D eigenvalue weighted by Crippen LogP contribution is -1.80. The van der Waals surface area contributed by atoms with E-state index < -0.39 is 0 Å². The average molecular weight is 236 g/mol. The van der Waals surface area contributed by atoms with Crippen molar-refractivity contribution >= 4 is 36.6 Å². The lowest BCUT2D eigenvalue weighted by molar-refractivity contribution is 0.907. The molecule has 1 aliphatic rings. The Balaban J connectivity index is 0.000000115. The molecule has 0 bridgehead atoms. The van der Waals surface area contributed by atoms with E-state index >= 15 is 0 Å². The van der Waals surface area contributed by atoms with Crippen molar-refractivity contribution in [3.8, 4) is 0 Å². The monoisotopic (exact) mass is 236 g/mol. The molecule has 0 fully saturated rings. The van der Waals surface area contributed by atoms with Crippen LogP contribution in [0.25, 0.3) is 0 Å². The number of fused-ring (bicyclic) bond motifs is 1. The van der Waals surface area contributed by atoms with Gasteiger partial charge >= 0.3 is 0 Å². The number of aromatic nitrogens is 3. The molecule has 2 heterocycles. The standard InChI is InChI=1S/C6H5NS.C3H3N3S/c8-5-3-1-2-4-6(5)7-4;7-3-5-1-4-2-6-3/h1-3,7-8H;1-2H,(H,4,5,6,7). The van der Waals surface area contributed by atoms with Crippen molar-refractivity contribution in [2.75, 3.05) is 5.32 Å². The molecule has 0 spiro atoms. The third kappa shape index (κ3) is 2.84. The Morgan fingerprint density at radius 2 is 1.80 bits per heavy atom. The van der Waals surface area contributed by atoms with Gasteiger partial charge in [0.25, 0.3) is 0 Å². The van der Waals surface area contributed by atoms with Gasteiger partial charge in [-0.1, -0.05) is 6.07 Å². The minimum Gasteiger partial charge on any atom is -0.351 e. The zero-order valence-corrected chi connectivity index (χ0v) is 9.41. The summed E-state index contributed by atoms with van der Waals surface area (Å²) < 4.78 is 0. The molecule has 1 aromatic heterocycles. The maximum atomic E-state index is 4.19. The summed E-state index contributed by atoms with van der Waals surface area (Å²) in [6.07, 6.45) is 2.80. The number of thiol groups is 2. The Morgan fingerprint density at radius 1 is 1.07 bits per heavy atom. The van der Waals surface area contributed by atoms with Crippen LogP contribution in [0.1, 0.15) is 0 Å². The quantitative estimate of drug-likeness (QED) is 0.413. The number of anilines is 2. The highest BCUT2D eigenvalue weighted by molar-refractivity contribution is 7.80. The van der Waals surface area contributed by atoms with Crippen molar-refractivity contribution < 1.29 is 0 Å². The molecule has 0 unspecified atom stereocenters. The van der Waals surface area contributed by atoms with Crippen LogP contribution < -0.4 is 5.32 Å². The van der Waals surface area contributed by atoms with Crippen LogP contribution in [0.2, 0.25) is 0 Å². The van der Waals surface area contributed by atoms with Gasteiger partial charge in [0.2, 0.25) is 0 Å². The van der Waals surface area contributed by atoms with E-state index in [1.165, 1.54) is 24.0 Å². The summed E-state index contributed by atoms with van der Waals surface area (Å²) in [5.74, 6) is 0. The van der Waals surface area contributed by atoms with Crippen LogP contribution in [0.5, 0.6) is 0 Å². The lowest BCUT2D eigenvalue weighted by atomic mass is 10.4. The number of benzene rings is 1. The van der Waals surface area contributed by atoms with Crippen molar-refractivity contribution in [3.63, 3.8) is 0 Å². The summed E-state index contributed by atoms with van der Waals surface area (Å²) in [7, 11) is 0. The van der Waals surface area contributed by atoms with Crippen LogP contribution >= 0.6 is 25.3 Å². The Bertz CT molecular complexity index is 461. The van der Waals surface area contributed by atoms with E-state index in [1.54, 1.807) is 0 Å². The number of rotatable bonds is 0. The molecule has 0 radical (unpaired) electrons. The molecule has 6 heteroatoms. The van der Waals surface area contributed by atoms with E-state index in [0.29, 0.717) is 5.16 Å². The summed E-state index contributed by atoms with van der Waals surface area (Å²) in [4.78, 5) is 11.9. The molecular formula is C9H8N4S2. The van der Waals surface area contributed by atoms with Gasteiger partial charge in [-0.2, -0.15) is 0 Å². The third-order valence-electron chi connectivity index (χ3n) is 1.72. The first-order chi connectivity index (χ1) is 7.27. The van der Waals surface area contributed by atoms with Crippen LogP contribution in [-0.4, -0.2) is 15.0 Å². The van der Waals surface area contributed by atoms with Gasteiger partial charge in [-0.05, 0) is 12.1 Å². The molecule has 4 nitrogen and oxygen atoms in total. The number of nitrogens with zero attached hydrogens (tertiary/aromatic N) is 3. The molecule has 1 aliphatic heterocycles. The molecule has 1 aromatic carbocycles. The highest BCUT2D eigenvalue weighted by Gasteiger charge is 2.16.